The van der Waals surface area contributed by atoms with E-state index in [4.69, 9.17) is 10.7 Å². The Morgan fingerprint density at radius 1 is 1.00 bits per heavy atom. The van der Waals surface area contributed by atoms with E-state index in [-0.39, 0.29) is 11.9 Å². The molecule has 200 valence electrons. The van der Waals surface area contributed by atoms with E-state index in [2.05, 4.69) is 52.6 Å². The molecule has 6 rings (SSSR count). The monoisotopic (exact) mass is 546 g/mol. The highest BCUT2D eigenvalue weighted by Crippen LogP contribution is 2.37. The van der Waals surface area contributed by atoms with Gasteiger partial charge in [0.1, 0.15) is 12.1 Å². The Labute approximate surface area is 237 Å². The number of anilines is 3. The number of carbonyl (C=O) groups excluding carboxylic acids is 1. The van der Waals surface area contributed by atoms with Crippen molar-refractivity contribution in [2.24, 2.45) is 0 Å². The zero-order valence-electron chi connectivity index (χ0n) is 22.4. The molecular weight excluding hydrogens is 516 g/mol. The summed E-state index contributed by atoms with van der Waals surface area (Å²) in [4.78, 5) is 29.1. The number of amides is 1. The molecule has 4 N–H and O–H groups in total. The molecular formula is C32H30N6OS. The summed E-state index contributed by atoms with van der Waals surface area (Å²) in [7, 11) is 0. The maximum atomic E-state index is 13.4. The van der Waals surface area contributed by atoms with Gasteiger partial charge in [0.25, 0.3) is 5.91 Å². The van der Waals surface area contributed by atoms with Crippen LogP contribution in [0.3, 0.4) is 0 Å². The molecule has 3 aromatic carbocycles. The second-order valence-corrected chi connectivity index (χ2v) is 11.4. The van der Waals surface area contributed by atoms with Gasteiger partial charge in [0.15, 0.2) is 5.65 Å². The number of rotatable bonds is 7. The predicted octanol–water partition coefficient (Wildman–Crippen LogP) is 7.04. The molecule has 8 heteroatoms. The van der Waals surface area contributed by atoms with Crippen molar-refractivity contribution in [3.63, 3.8) is 0 Å². The van der Waals surface area contributed by atoms with Gasteiger partial charge < -0.3 is 16.4 Å². The minimum atomic E-state index is -0.107. The van der Waals surface area contributed by atoms with Gasteiger partial charge in [-0.25, -0.2) is 15.0 Å². The van der Waals surface area contributed by atoms with Crippen LogP contribution in [-0.2, 0) is 6.42 Å². The third-order valence-corrected chi connectivity index (χ3v) is 8.23. The van der Waals surface area contributed by atoms with E-state index >= 15 is 0 Å². The molecule has 2 aromatic heterocycles. The van der Waals surface area contributed by atoms with Crippen molar-refractivity contribution in [1.29, 1.82) is 0 Å². The summed E-state index contributed by atoms with van der Waals surface area (Å²) < 4.78 is 0. The van der Waals surface area contributed by atoms with Crippen LogP contribution in [0.4, 0.5) is 17.2 Å². The average molecular weight is 547 g/mol. The summed E-state index contributed by atoms with van der Waals surface area (Å²) in [5.41, 5.74) is 12.1. The first kappa shape index (κ1) is 25.8. The lowest BCUT2D eigenvalue weighted by molar-refractivity contribution is 0.0936. The van der Waals surface area contributed by atoms with Gasteiger partial charge >= 0.3 is 0 Å². The molecule has 0 unspecified atom stereocenters. The van der Waals surface area contributed by atoms with Crippen LogP contribution in [-0.4, -0.2) is 20.9 Å². The number of fused-ring (bicyclic) bond motifs is 2. The second-order valence-electron chi connectivity index (χ2n) is 10.3. The summed E-state index contributed by atoms with van der Waals surface area (Å²) in [6.07, 6.45) is 3.39. The SMILES string of the molecule is CC(C)c1ccc2c(Nc3cc(C(=O)N[C@@H]4CCc5ccccc54)ccc3Sc3ccc(N)cc3)ncnc2n1. The molecule has 1 aliphatic carbocycles. The molecule has 0 radical (unpaired) electrons. The summed E-state index contributed by atoms with van der Waals surface area (Å²) >= 11 is 1.59. The molecule has 1 atom stereocenters. The number of nitrogens with two attached hydrogens (primary N) is 1. The van der Waals surface area contributed by atoms with Crippen molar-refractivity contribution in [3.05, 3.63) is 108 Å². The molecule has 7 nitrogen and oxygen atoms in total. The fourth-order valence-corrected chi connectivity index (χ4v) is 5.86. The number of hydrogen-bond donors (Lipinski definition) is 3. The summed E-state index contributed by atoms with van der Waals surface area (Å²) in [6.45, 7) is 4.21. The zero-order valence-corrected chi connectivity index (χ0v) is 23.2. The normalized spacial score (nSPS) is 14.3. The lowest BCUT2D eigenvalue weighted by atomic mass is 10.1. The summed E-state index contributed by atoms with van der Waals surface area (Å²) in [5.74, 6) is 0.819. The van der Waals surface area contributed by atoms with Crippen LogP contribution in [0.15, 0.2) is 95.0 Å². The first-order valence-corrected chi connectivity index (χ1v) is 14.2. The van der Waals surface area contributed by atoms with Crippen LogP contribution in [0.25, 0.3) is 11.0 Å². The highest BCUT2D eigenvalue weighted by Gasteiger charge is 2.24. The number of nitrogen functional groups attached to an aromatic ring is 1. The number of benzene rings is 3. The third-order valence-electron chi connectivity index (χ3n) is 7.15. The Morgan fingerprint density at radius 2 is 1.82 bits per heavy atom. The van der Waals surface area contributed by atoms with Crippen LogP contribution in [0.1, 0.15) is 59.4 Å². The zero-order chi connectivity index (χ0) is 27.6. The molecule has 2 heterocycles. The van der Waals surface area contributed by atoms with Crippen molar-refractivity contribution in [1.82, 2.24) is 20.3 Å². The Balaban J connectivity index is 1.34. The maximum Gasteiger partial charge on any atom is 0.251 e. The molecule has 0 fully saturated rings. The minimum absolute atomic E-state index is 0.0102. The quantitative estimate of drug-likeness (QED) is 0.188. The number of nitrogens with zero attached hydrogens (tertiary/aromatic N) is 3. The van der Waals surface area contributed by atoms with E-state index in [1.807, 2.05) is 60.7 Å². The van der Waals surface area contributed by atoms with Crippen LogP contribution >= 0.6 is 11.8 Å². The fraction of sp³-hybridized carbons (Fsp3) is 0.188. The van der Waals surface area contributed by atoms with Crippen LogP contribution in [0, 0.1) is 0 Å². The lowest BCUT2D eigenvalue weighted by Gasteiger charge is -2.17. The first-order chi connectivity index (χ1) is 19.4. The Morgan fingerprint density at radius 3 is 2.65 bits per heavy atom. The topological polar surface area (TPSA) is 106 Å². The number of aromatic nitrogens is 3. The van der Waals surface area contributed by atoms with Gasteiger partial charge in [0, 0.05) is 26.7 Å². The van der Waals surface area contributed by atoms with E-state index in [0.717, 1.165) is 39.4 Å². The van der Waals surface area contributed by atoms with E-state index < -0.39 is 0 Å². The van der Waals surface area contributed by atoms with Crippen molar-refractivity contribution < 1.29 is 4.79 Å². The van der Waals surface area contributed by atoms with Gasteiger partial charge in [-0.3, -0.25) is 4.79 Å². The highest BCUT2D eigenvalue weighted by molar-refractivity contribution is 7.99. The van der Waals surface area contributed by atoms with Gasteiger partial charge in [0.05, 0.1) is 17.1 Å². The molecule has 0 spiro atoms. The van der Waals surface area contributed by atoms with E-state index in [1.54, 1.807) is 11.8 Å². The number of nitrogens with one attached hydrogen (secondary N) is 2. The van der Waals surface area contributed by atoms with E-state index in [0.29, 0.717) is 28.6 Å². The molecule has 1 aliphatic rings. The molecule has 0 bridgehead atoms. The van der Waals surface area contributed by atoms with E-state index in [1.165, 1.54) is 17.5 Å². The Bertz CT molecular complexity index is 1700. The average Bonchev–Trinajstić information content (AvgIpc) is 3.37. The molecule has 0 saturated carbocycles. The smallest absolute Gasteiger partial charge is 0.251 e. The van der Waals surface area contributed by atoms with Gasteiger partial charge in [0.2, 0.25) is 0 Å². The van der Waals surface area contributed by atoms with Crippen LogP contribution in [0.2, 0.25) is 0 Å². The number of carbonyl (C=O) groups is 1. The van der Waals surface area contributed by atoms with Crippen molar-refractivity contribution >= 4 is 45.9 Å². The molecule has 0 saturated heterocycles. The number of hydrogen-bond acceptors (Lipinski definition) is 7. The van der Waals surface area contributed by atoms with Crippen LogP contribution < -0.4 is 16.4 Å². The maximum absolute atomic E-state index is 13.4. The standard InChI is InChI=1S/C32H30N6OS/c1-19(2)26-15-13-25-30(36-26)34-18-35-31(25)37-28-17-21(8-16-29(28)40-23-11-9-22(33)10-12-23)32(39)38-27-14-7-20-5-3-4-6-24(20)27/h3-6,8-13,15-19,27H,7,14,33H2,1-2H3,(H,38,39)(H,34,35,36,37)/t27-/m1/s1. The third kappa shape index (κ3) is 5.35. The summed E-state index contributed by atoms with van der Waals surface area (Å²) in [5, 5.41) is 7.54. The number of aryl methyl sites for hydroxylation is 1. The Kier molecular flexibility index (Phi) is 7.09. The molecule has 1 amide bonds. The van der Waals surface area contributed by atoms with Gasteiger partial charge in [-0.15, -0.1) is 0 Å². The highest BCUT2D eigenvalue weighted by atomic mass is 32.2. The van der Waals surface area contributed by atoms with Gasteiger partial charge in [-0.1, -0.05) is 49.9 Å². The van der Waals surface area contributed by atoms with Crippen LogP contribution in [0.5, 0.6) is 0 Å². The summed E-state index contributed by atoms with van der Waals surface area (Å²) in [6, 6.07) is 25.8. The minimum Gasteiger partial charge on any atom is -0.399 e. The number of pyridine rings is 1. The second kappa shape index (κ2) is 11.0. The Hall–Kier alpha value is -4.43. The lowest BCUT2D eigenvalue weighted by Crippen LogP contribution is -2.27. The van der Waals surface area contributed by atoms with E-state index in [9.17, 15) is 4.79 Å². The predicted molar refractivity (Wildman–Crippen MR) is 161 cm³/mol. The molecule has 5 aromatic rings. The van der Waals surface area contributed by atoms with Gasteiger partial charge in [-0.05, 0) is 84.5 Å². The van der Waals surface area contributed by atoms with Crippen molar-refractivity contribution in [2.45, 2.75) is 48.4 Å². The van der Waals surface area contributed by atoms with Crippen molar-refractivity contribution in [2.75, 3.05) is 11.1 Å². The largest absolute Gasteiger partial charge is 0.399 e. The molecule has 0 aliphatic heterocycles. The molecule has 40 heavy (non-hydrogen) atoms. The van der Waals surface area contributed by atoms with Crippen molar-refractivity contribution in [3.8, 4) is 0 Å². The first-order valence-electron chi connectivity index (χ1n) is 13.4. The fourth-order valence-electron chi connectivity index (χ4n) is 4.98. The van der Waals surface area contributed by atoms with Gasteiger partial charge in [-0.2, -0.15) is 0 Å².